The van der Waals surface area contributed by atoms with E-state index in [0.717, 1.165) is 6.07 Å². The first-order valence-corrected chi connectivity index (χ1v) is 5.35. The van der Waals surface area contributed by atoms with Gasteiger partial charge in [0, 0.05) is 0 Å². The second-order valence-electron chi connectivity index (χ2n) is 2.97. The number of ether oxygens (including phenoxy) is 1. The molecule has 1 rings (SSSR count). The maximum absolute atomic E-state index is 11.3. The van der Waals surface area contributed by atoms with Crippen LogP contribution in [0.1, 0.15) is 10.4 Å². The first-order chi connectivity index (χ1) is 8.45. The Labute approximate surface area is 112 Å². The van der Waals surface area contributed by atoms with Gasteiger partial charge in [0.05, 0.1) is 5.02 Å². The minimum atomic E-state index is -1.34. The second-order valence-corrected chi connectivity index (χ2v) is 3.76. The Balaban J connectivity index is 3.03. The zero-order valence-electron chi connectivity index (χ0n) is 8.94. The van der Waals surface area contributed by atoms with Crippen molar-refractivity contribution < 1.29 is 19.4 Å². The topological polar surface area (TPSA) is 88.5 Å². The number of hydrogen-bond acceptors (Lipinski definition) is 4. The van der Waals surface area contributed by atoms with E-state index < -0.39 is 12.1 Å². The number of aromatic carboxylic acids is 1. The Kier molecular flexibility index (Phi) is 4.94. The van der Waals surface area contributed by atoms with Gasteiger partial charge in [-0.25, -0.2) is 14.6 Å². The van der Waals surface area contributed by atoms with E-state index in [1.165, 1.54) is 6.08 Å². The number of nitrogens with zero attached hydrogens (tertiary/aromatic N) is 1. The largest absolute Gasteiger partial charge is 0.478 e. The molecule has 1 aromatic heterocycles. The minimum Gasteiger partial charge on any atom is -0.478 e. The van der Waals surface area contributed by atoms with Gasteiger partial charge in [0.25, 0.3) is 0 Å². The van der Waals surface area contributed by atoms with E-state index in [2.05, 4.69) is 21.6 Å². The molecule has 6 nitrogen and oxygen atoms in total. The smallest absolute Gasteiger partial charge is 0.413 e. The molecule has 0 spiro atoms. The van der Waals surface area contributed by atoms with E-state index in [-0.39, 0.29) is 28.2 Å². The number of nitrogens with one attached hydrogen (secondary N) is 1. The summed E-state index contributed by atoms with van der Waals surface area (Å²) in [7, 11) is 0. The normalized spacial score (nSPS) is 9.67. The van der Waals surface area contributed by atoms with Crippen LogP contribution in [0.5, 0.6) is 0 Å². The number of carbonyl (C=O) groups excluding carboxylic acids is 1. The lowest BCUT2D eigenvalue weighted by atomic mass is 10.2. The van der Waals surface area contributed by atoms with Crippen LogP contribution in [0.25, 0.3) is 0 Å². The molecule has 2 N–H and O–H groups in total. The molecule has 8 heteroatoms. The van der Waals surface area contributed by atoms with E-state index in [9.17, 15) is 9.59 Å². The molecule has 0 saturated heterocycles. The number of carbonyl (C=O) groups is 2. The first-order valence-electron chi connectivity index (χ1n) is 4.59. The van der Waals surface area contributed by atoms with E-state index in [4.69, 9.17) is 28.3 Å². The van der Waals surface area contributed by atoms with Crippen LogP contribution < -0.4 is 5.32 Å². The second kappa shape index (κ2) is 6.23. The van der Waals surface area contributed by atoms with E-state index in [1.807, 2.05) is 0 Å². The van der Waals surface area contributed by atoms with Crippen molar-refractivity contribution in [1.82, 2.24) is 4.98 Å². The molecule has 96 valence electrons. The monoisotopic (exact) mass is 290 g/mol. The van der Waals surface area contributed by atoms with Crippen LogP contribution in [0.4, 0.5) is 10.6 Å². The third-order valence-electron chi connectivity index (χ3n) is 1.71. The molecule has 1 aromatic rings. The SMILES string of the molecule is C=CCOC(=O)Nc1nc(Cl)cc(Cl)c1C(=O)O. The van der Waals surface area contributed by atoms with Crippen molar-refractivity contribution in [1.29, 1.82) is 0 Å². The zero-order valence-corrected chi connectivity index (χ0v) is 10.5. The van der Waals surface area contributed by atoms with Crippen molar-refractivity contribution in [3.63, 3.8) is 0 Å². The average molecular weight is 291 g/mol. The number of hydrogen-bond donors (Lipinski definition) is 2. The van der Waals surface area contributed by atoms with Gasteiger partial charge in [0.2, 0.25) is 0 Å². The third-order valence-corrected chi connectivity index (χ3v) is 2.20. The van der Waals surface area contributed by atoms with Gasteiger partial charge >= 0.3 is 12.1 Å². The van der Waals surface area contributed by atoms with Gasteiger partial charge in [-0.2, -0.15) is 0 Å². The highest BCUT2D eigenvalue weighted by atomic mass is 35.5. The predicted octanol–water partition coefficient (Wildman–Crippen LogP) is 2.82. The molecule has 18 heavy (non-hydrogen) atoms. The number of pyridine rings is 1. The fraction of sp³-hybridized carbons (Fsp3) is 0.100. The highest BCUT2D eigenvalue weighted by Gasteiger charge is 2.19. The highest BCUT2D eigenvalue weighted by molar-refractivity contribution is 6.36. The number of amides is 1. The Hall–Kier alpha value is -1.79. The molecule has 1 amide bonds. The van der Waals surface area contributed by atoms with Crippen molar-refractivity contribution in [3.8, 4) is 0 Å². The average Bonchev–Trinajstić information content (AvgIpc) is 2.24. The van der Waals surface area contributed by atoms with Gasteiger partial charge in [-0.1, -0.05) is 35.9 Å². The van der Waals surface area contributed by atoms with Crippen LogP contribution in [0.15, 0.2) is 18.7 Å². The Morgan fingerprint density at radius 3 is 2.78 bits per heavy atom. The van der Waals surface area contributed by atoms with Gasteiger partial charge in [0.15, 0.2) is 5.82 Å². The van der Waals surface area contributed by atoms with Crippen LogP contribution in [0.3, 0.4) is 0 Å². The Bertz CT molecular complexity index is 505. The molecule has 1 heterocycles. The first kappa shape index (κ1) is 14.3. The van der Waals surface area contributed by atoms with E-state index >= 15 is 0 Å². The van der Waals surface area contributed by atoms with Crippen molar-refractivity contribution in [2.45, 2.75) is 0 Å². The van der Waals surface area contributed by atoms with Gasteiger partial charge in [0.1, 0.15) is 17.3 Å². The summed E-state index contributed by atoms with van der Waals surface area (Å²) in [6, 6.07) is 1.16. The maximum atomic E-state index is 11.3. The fourth-order valence-corrected chi connectivity index (χ4v) is 1.57. The van der Waals surface area contributed by atoms with Crippen LogP contribution in [-0.2, 0) is 4.74 Å². The van der Waals surface area contributed by atoms with Crippen LogP contribution in [0, 0.1) is 0 Å². The van der Waals surface area contributed by atoms with Gasteiger partial charge in [-0.3, -0.25) is 5.32 Å². The fourth-order valence-electron chi connectivity index (χ4n) is 1.05. The van der Waals surface area contributed by atoms with Crippen molar-refractivity contribution in [2.75, 3.05) is 11.9 Å². The summed E-state index contributed by atoms with van der Waals surface area (Å²) in [4.78, 5) is 25.9. The molecule has 0 bridgehead atoms. The van der Waals surface area contributed by atoms with Crippen LogP contribution in [-0.4, -0.2) is 28.8 Å². The number of carboxylic acids is 1. The lowest BCUT2D eigenvalue weighted by molar-refractivity contribution is 0.0698. The summed E-state index contributed by atoms with van der Waals surface area (Å²) in [5.41, 5.74) is -0.364. The number of carboxylic acid groups (broad SMARTS) is 1. The summed E-state index contributed by atoms with van der Waals surface area (Å²) in [5, 5.41) is 10.9. The highest BCUT2D eigenvalue weighted by Crippen LogP contribution is 2.26. The summed E-state index contributed by atoms with van der Waals surface area (Å²) >= 11 is 11.3. The Morgan fingerprint density at radius 2 is 2.22 bits per heavy atom. The molecule has 0 saturated carbocycles. The zero-order chi connectivity index (χ0) is 13.7. The van der Waals surface area contributed by atoms with Crippen molar-refractivity contribution in [2.24, 2.45) is 0 Å². The standard InChI is InChI=1S/C10H8Cl2N2O4/c1-2-3-18-10(17)14-8-7(9(15)16)5(11)4-6(12)13-8/h2,4H,1,3H2,(H,15,16)(H,13,14,17). The van der Waals surface area contributed by atoms with Crippen LogP contribution in [0.2, 0.25) is 10.2 Å². The summed E-state index contributed by atoms with van der Waals surface area (Å²) < 4.78 is 4.62. The molecule has 0 fully saturated rings. The van der Waals surface area contributed by atoms with Crippen molar-refractivity contribution >= 4 is 41.1 Å². The number of halogens is 2. The molecule has 0 aliphatic carbocycles. The van der Waals surface area contributed by atoms with Gasteiger partial charge in [-0.05, 0) is 6.07 Å². The van der Waals surface area contributed by atoms with Crippen LogP contribution >= 0.6 is 23.2 Å². The molecular formula is C10H8Cl2N2O4. The molecular weight excluding hydrogens is 283 g/mol. The third kappa shape index (κ3) is 3.61. The molecule has 0 atom stereocenters. The van der Waals surface area contributed by atoms with Gasteiger partial charge < -0.3 is 9.84 Å². The molecule has 0 unspecified atom stereocenters. The maximum Gasteiger partial charge on any atom is 0.413 e. The van der Waals surface area contributed by atoms with Crippen molar-refractivity contribution in [3.05, 3.63) is 34.5 Å². The molecule has 0 aromatic carbocycles. The summed E-state index contributed by atoms with van der Waals surface area (Å²) in [6.45, 7) is 3.33. The van der Waals surface area contributed by atoms with E-state index in [0.29, 0.717) is 0 Å². The number of anilines is 1. The Morgan fingerprint density at radius 1 is 1.56 bits per heavy atom. The lowest BCUT2D eigenvalue weighted by Crippen LogP contribution is -2.17. The lowest BCUT2D eigenvalue weighted by Gasteiger charge is -2.09. The number of rotatable bonds is 4. The van der Waals surface area contributed by atoms with E-state index in [1.54, 1.807) is 0 Å². The summed E-state index contributed by atoms with van der Waals surface area (Å²) in [5.74, 6) is -1.63. The molecule has 0 aliphatic rings. The minimum absolute atomic E-state index is 0.0253. The number of aromatic nitrogens is 1. The quantitative estimate of drug-likeness (QED) is 0.657. The molecule has 0 aliphatic heterocycles. The summed E-state index contributed by atoms with van der Waals surface area (Å²) in [6.07, 6.45) is 0.471. The predicted molar refractivity (Wildman–Crippen MR) is 66.4 cm³/mol. The van der Waals surface area contributed by atoms with Gasteiger partial charge in [-0.15, -0.1) is 0 Å². The molecule has 0 radical (unpaired) electrons.